The average molecular weight is 852 g/mol. The Morgan fingerprint density at radius 3 is 1.91 bits per heavy atom. The van der Waals surface area contributed by atoms with E-state index >= 15 is 0 Å². The van der Waals surface area contributed by atoms with Gasteiger partial charge in [-0.15, -0.1) is 0 Å². The maximum absolute atomic E-state index is 12.4. The lowest BCUT2D eigenvalue weighted by Crippen LogP contribution is -2.39. The lowest BCUT2D eigenvalue weighted by Gasteiger charge is -2.25. The number of nitrogens with zero attached hydrogens (tertiary/aromatic N) is 3. The summed E-state index contributed by atoms with van der Waals surface area (Å²) in [5.74, 6) is 1.41. The number of methoxy groups -OCH3 is 1. The van der Waals surface area contributed by atoms with Gasteiger partial charge in [-0.3, -0.25) is 14.4 Å². The van der Waals surface area contributed by atoms with Crippen LogP contribution in [0.25, 0.3) is 0 Å². The van der Waals surface area contributed by atoms with E-state index in [0.717, 1.165) is 115 Å². The van der Waals surface area contributed by atoms with Crippen molar-refractivity contribution in [3.63, 3.8) is 0 Å². The number of carbonyl (C=O) groups excluding carboxylic acids is 3. The fraction of sp³-hybridized carbons (Fsp3) is 0.925. The van der Waals surface area contributed by atoms with E-state index in [1.165, 1.54) is 32.9 Å². The molecule has 0 rings (SSSR count). The summed E-state index contributed by atoms with van der Waals surface area (Å²) in [5.41, 5.74) is 3.08. The molecule has 0 aliphatic rings. The molecular formula is C40H85N9O6S2. The normalized spacial score (nSPS) is 12.7. The summed E-state index contributed by atoms with van der Waals surface area (Å²) in [6.45, 7) is 13.8. The van der Waals surface area contributed by atoms with Gasteiger partial charge in [0, 0.05) is 56.6 Å². The third-order valence-corrected chi connectivity index (χ3v) is 11.8. The van der Waals surface area contributed by atoms with E-state index in [0.29, 0.717) is 32.5 Å². The Hall–Kier alpha value is -1.25. The first-order chi connectivity index (χ1) is 27.6. The Morgan fingerprint density at radius 1 is 0.632 bits per heavy atom. The number of hydrogen-bond acceptors (Lipinski definition) is 15. The Balaban J connectivity index is 3.97. The van der Waals surface area contributed by atoms with Gasteiger partial charge in [0.05, 0.1) is 19.8 Å². The molecular weight excluding hydrogens is 767 g/mol. The van der Waals surface area contributed by atoms with Crippen LogP contribution in [0.5, 0.6) is 0 Å². The maximum Gasteiger partial charge on any atom is 0.305 e. The summed E-state index contributed by atoms with van der Waals surface area (Å²) in [5, 5.41) is 15.9. The van der Waals surface area contributed by atoms with Crippen LogP contribution < -0.4 is 32.1 Å². The summed E-state index contributed by atoms with van der Waals surface area (Å²) in [6, 6.07) is 0.238. The Labute approximate surface area is 355 Å². The van der Waals surface area contributed by atoms with Crippen molar-refractivity contribution in [2.75, 3.05) is 146 Å². The Morgan fingerprint density at radius 2 is 1.25 bits per heavy atom. The SMILES string of the molecule is CNCCCN(C)CCCCN(C)CCCNOCCSSCCC(=O)NCCC(C)NCCC(CN(C)CCCNC)OCC(=O)NCCCCCC(=O)OC. The molecule has 0 aromatic carbocycles. The van der Waals surface area contributed by atoms with Crippen molar-refractivity contribution in [1.82, 2.24) is 46.8 Å². The van der Waals surface area contributed by atoms with Gasteiger partial charge in [0.2, 0.25) is 11.8 Å². The van der Waals surface area contributed by atoms with Crippen molar-refractivity contribution in [1.29, 1.82) is 0 Å². The summed E-state index contributed by atoms with van der Waals surface area (Å²) in [7, 11) is 15.3. The number of amides is 2. The van der Waals surface area contributed by atoms with Crippen LogP contribution in [0.3, 0.4) is 0 Å². The number of ether oxygens (including phenoxy) is 2. The van der Waals surface area contributed by atoms with Gasteiger partial charge in [-0.1, -0.05) is 28.0 Å². The summed E-state index contributed by atoms with van der Waals surface area (Å²) < 4.78 is 10.7. The third kappa shape index (κ3) is 40.0. The molecule has 57 heavy (non-hydrogen) atoms. The first-order valence-corrected chi connectivity index (χ1v) is 24.0. The van der Waals surface area contributed by atoms with Gasteiger partial charge in [-0.2, -0.15) is 0 Å². The lowest BCUT2D eigenvalue weighted by molar-refractivity contribution is -0.140. The van der Waals surface area contributed by atoms with Crippen molar-refractivity contribution in [2.45, 2.75) is 96.1 Å². The average Bonchev–Trinajstić information content (AvgIpc) is 3.18. The highest BCUT2D eigenvalue weighted by molar-refractivity contribution is 8.76. The molecule has 15 nitrogen and oxygen atoms in total. The van der Waals surface area contributed by atoms with Gasteiger partial charge in [0.25, 0.3) is 0 Å². The minimum Gasteiger partial charge on any atom is -0.469 e. The topological polar surface area (TPSA) is 161 Å². The molecule has 0 aromatic heterocycles. The van der Waals surface area contributed by atoms with Crippen LogP contribution in [-0.2, 0) is 28.7 Å². The van der Waals surface area contributed by atoms with Gasteiger partial charge in [0.15, 0.2) is 0 Å². The molecule has 0 saturated carbocycles. The third-order valence-electron chi connectivity index (χ3n) is 9.38. The van der Waals surface area contributed by atoms with E-state index in [2.05, 4.69) is 79.6 Å². The fourth-order valence-corrected chi connectivity index (χ4v) is 7.67. The van der Waals surface area contributed by atoms with Crippen molar-refractivity contribution in [3.05, 3.63) is 0 Å². The minimum absolute atomic E-state index is 0.0238. The van der Waals surface area contributed by atoms with E-state index in [1.807, 2.05) is 14.1 Å². The lowest BCUT2D eigenvalue weighted by atomic mass is 10.2. The largest absolute Gasteiger partial charge is 0.469 e. The first-order valence-electron chi connectivity index (χ1n) is 21.5. The van der Waals surface area contributed by atoms with Gasteiger partial charge in [0.1, 0.15) is 6.61 Å². The highest BCUT2D eigenvalue weighted by Gasteiger charge is 2.15. The Bertz CT molecular complexity index is 950. The molecule has 0 heterocycles. The molecule has 338 valence electrons. The van der Waals surface area contributed by atoms with Crippen molar-refractivity contribution >= 4 is 39.4 Å². The van der Waals surface area contributed by atoms with Crippen molar-refractivity contribution in [2.24, 2.45) is 0 Å². The molecule has 2 amide bonds. The molecule has 0 radical (unpaired) electrons. The van der Waals surface area contributed by atoms with Crippen LogP contribution in [0.15, 0.2) is 0 Å². The fourth-order valence-electron chi connectivity index (χ4n) is 5.85. The highest BCUT2D eigenvalue weighted by Crippen LogP contribution is 2.21. The van der Waals surface area contributed by atoms with Gasteiger partial charge < -0.3 is 55.6 Å². The predicted molar refractivity (Wildman–Crippen MR) is 240 cm³/mol. The monoisotopic (exact) mass is 852 g/mol. The number of esters is 1. The second kappa shape index (κ2) is 41.5. The second-order valence-electron chi connectivity index (χ2n) is 14.9. The van der Waals surface area contributed by atoms with Crippen LogP contribution in [0, 0.1) is 0 Å². The maximum atomic E-state index is 12.4. The number of rotatable bonds is 43. The first kappa shape index (κ1) is 55.8. The van der Waals surface area contributed by atoms with Crippen LogP contribution in [0.4, 0.5) is 0 Å². The van der Waals surface area contributed by atoms with Gasteiger partial charge >= 0.3 is 5.97 Å². The number of carbonyl (C=O) groups is 3. The van der Waals surface area contributed by atoms with Gasteiger partial charge in [-0.25, -0.2) is 5.48 Å². The van der Waals surface area contributed by atoms with Crippen LogP contribution in [0.2, 0.25) is 0 Å². The second-order valence-corrected chi connectivity index (χ2v) is 17.6. The molecule has 0 bridgehead atoms. The summed E-state index contributed by atoms with van der Waals surface area (Å²) in [6.07, 6.45) is 10.6. The number of hydroxylamine groups is 1. The van der Waals surface area contributed by atoms with Crippen LogP contribution in [-0.4, -0.2) is 190 Å². The standard InChI is InChI=1S/C40H85N9O6S2/c1-36(43-25-18-37(34-49(6)30-14-21-42-3)54-35-39(51)44-22-10-8-9-16-40(52)53-7)17-24-45-38(50)19-32-56-57-33-31-55-46-23-15-29-48(5)27-12-11-26-47(4)28-13-20-41-2/h36-37,41-43,46H,8-35H2,1-7H3,(H,44,51)(H,45,50). The smallest absolute Gasteiger partial charge is 0.305 e. The minimum atomic E-state index is -0.201. The predicted octanol–water partition coefficient (Wildman–Crippen LogP) is 2.57. The van der Waals surface area contributed by atoms with Crippen molar-refractivity contribution < 1.29 is 28.7 Å². The van der Waals surface area contributed by atoms with E-state index in [9.17, 15) is 14.4 Å². The molecule has 0 fully saturated rings. The molecule has 0 spiro atoms. The summed E-state index contributed by atoms with van der Waals surface area (Å²) >= 11 is 0. The van der Waals surface area contributed by atoms with E-state index in [1.54, 1.807) is 21.6 Å². The molecule has 0 aromatic rings. The van der Waals surface area contributed by atoms with Gasteiger partial charge in [-0.05, 0) is 152 Å². The van der Waals surface area contributed by atoms with Crippen LogP contribution in [0.1, 0.15) is 84.0 Å². The molecule has 0 aliphatic heterocycles. The zero-order valence-corrected chi connectivity index (χ0v) is 38.7. The molecule has 2 atom stereocenters. The molecule has 0 aliphatic carbocycles. The zero-order valence-electron chi connectivity index (χ0n) is 37.1. The Kier molecular flexibility index (Phi) is 40.6. The zero-order chi connectivity index (χ0) is 42.2. The van der Waals surface area contributed by atoms with E-state index in [-0.39, 0.29) is 36.5 Å². The van der Waals surface area contributed by atoms with E-state index in [4.69, 9.17) is 9.57 Å². The highest BCUT2D eigenvalue weighted by atomic mass is 33.1. The summed E-state index contributed by atoms with van der Waals surface area (Å²) in [4.78, 5) is 48.7. The number of hydrogen-bond donors (Lipinski definition) is 6. The quantitative estimate of drug-likeness (QED) is 0.0230. The van der Waals surface area contributed by atoms with E-state index < -0.39 is 0 Å². The van der Waals surface area contributed by atoms with Crippen molar-refractivity contribution in [3.8, 4) is 0 Å². The molecule has 0 saturated heterocycles. The number of likely N-dealkylation sites (N-methyl/N-ethyl adjacent to an activating group) is 1. The molecule has 6 N–H and O–H groups in total. The molecule has 2 unspecified atom stereocenters. The van der Waals surface area contributed by atoms with Crippen LogP contribution >= 0.6 is 21.6 Å². The number of unbranched alkanes of at least 4 members (excludes halogenated alkanes) is 3. The molecule has 17 heteroatoms. The number of nitrogens with one attached hydrogen (secondary N) is 6.